The van der Waals surface area contributed by atoms with Crippen molar-refractivity contribution in [3.63, 3.8) is 0 Å². The van der Waals surface area contributed by atoms with Gasteiger partial charge in [-0.25, -0.2) is 9.59 Å². The van der Waals surface area contributed by atoms with Crippen molar-refractivity contribution < 1.29 is 43.6 Å². The molecule has 0 radical (unpaired) electrons. The molecule has 2 aliphatic carbocycles. The minimum absolute atomic E-state index is 0.00551. The smallest absolute Gasteiger partial charge is 0.412 e. The predicted molar refractivity (Wildman–Crippen MR) is 260 cm³/mol. The molecule has 1 saturated carbocycles. The molecule has 0 bridgehead atoms. The molecular weight excluding hydrogens is 835 g/mol. The summed E-state index contributed by atoms with van der Waals surface area (Å²) in [5.74, 6) is -1.26. The Morgan fingerprint density at radius 1 is 0.894 bits per heavy atom. The van der Waals surface area contributed by atoms with Gasteiger partial charge in [0.1, 0.15) is 24.7 Å². The topological polar surface area (TPSA) is 148 Å². The van der Waals surface area contributed by atoms with E-state index in [1.54, 1.807) is 17.0 Å². The number of hydrogen-bond acceptors (Lipinski definition) is 10. The summed E-state index contributed by atoms with van der Waals surface area (Å²) in [5.41, 5.74) is 3.38. The Kier molecular flexibility index (Phi) is 19.8. The van der Waals surface area contributed by atoms with E-state index in [1.807, 2.05) is 36.4 Å². The maximum Gasteiger partial charge on any atom is 0.412 e. The molecule has 12 nitrogen and oxygen atoms in total. The van der Waals surface area contributed by atoms with Crippen LogP contribution in [0.15, 0.2) is 90.1 Å². The standard InChI is InChI=1S/C54H75N3O9/c1-5-7-8-9-10-11-12-13-14-19-31-55-52(60)65-42-29-30-48-46(36-42)50-44(28-18-21-33-59)40(24-17-20-32-58)35-45-47(56-63-4)37-49(54(66-48,51(45)50)64-34-6-2)57(53(61)62-3)38-41-26-22-25-39-23-15-16-27-43(39)41/h6,15-16,22-23,25-27,29-30,35-36,40,44,49-51,58-59H,2,5,7-14,17-21,24,28,31-34,37-38H2,1,3-4H3,(H,55,60)/t40-,44+,49-,50+,51+,54+/m0/s1. The maximum atomic E-state index is 14.4. The molecule has 6 atom stereocenters. The Labute approximate surface area is 392 Å². The van der Waals surface area contributed by atoms with Crippen molar-refractivity contribution >= 4 is 28.7 Å². The Hall–Kier alpha value is -4.91. The highest BCUT2D eigenvalue weighted by atomic mass is 16.7. The van der Waals surface area contributed by atoms with Crippen LogP contribution in [0.25, 0.3) is 10.8 Å². The lowest BCUT2D eigenvalue weighted by Gasteiger charge is -2.59. The highest BCUT2D eigenvalue weighted by Gasteiger charge is 2.65. The fourth-order valence-electron chi connectivity index (χ4n) is 10.8. The van der Waals surface area contributed by atoms with Crippen LogP contribution in [0, 0.1) is 17.8 Å². The number of ether oxygens (including phenoxy) is 4. The van der Waals surface area contributed by atoms with Crippen molar-refractivity contribution in [2.75, 3.05) is 40.6 Å². The number of allylic oxidation sites excluding steroid dienone is 1. The number of aliphatic hydroxyl groups is 2. The van der Waals surface area contributed by atoms with Crippen LogP contribution in [0.1, 0.15) is 133 Å². The average Bonchev–Trinajstić information content (AvgIpc) is 3.33. The second-order valence-electron chi connectivity index (χ2n) is 18.2. The molecule has 3 aliphatic rings. The van der Waals surface area contributed by atoms with Crippen LogP contribution in [0.2, 0.25) is 0 Å². The lowest BCUT2D eigenvalue weighted by Crippen LogP contribution is -2.70. The summed E-state index contributed by atoms with van der Waals surface area (Å²) in [7, 11) is 2.92. The van der Waals surface area contributed by atoms with Crippen LogP contribution >= 0.6 is 0 Å². The second kappa shape index (κ2) is 25.9. The van der Waals surface area contributed by atoms with E-state index in [-0.39, 0.29) is 50.5 Å². The van der Waals surface area contributed by atoms with E-state index >= 15 is 0 Å². The quantitative estimate of drug-likeness (QED) is 0.0386. The number of amides is 2. The summed E-state index contributed by atoms with van der Waals surface area (Å²) in [6, 6.07) is 18.9. The molecule has 3 aromatic rings. The third-order valence-corrected chi connectivity index (χ3v) is 13.9. The lowest BCUT2D eigenvalue weighted by molar-refractivity contribution is -0.256. The minimum Gasteiger partial charge on any atom is -0.459 e. The zero-order valence-corrected chi connectivity index (χ0v) is 39.7. The van der Waals surface area contributed by atoms with Gasteiger partial charge in [0.05, 0.1) is 31.9 Å². The molecule has 360 valence electrons. The number of benzene rings is 3. The molecule has 3 N–H and O–H groups in total. The zero-order valence-electron chi connectivity index (χ0n) is 39.7. The molecule has 1 fully saturated rings. The maximum absolute atomic E-state index is 14.4. The number of fused-ring (bicyclic) bond motifs is 3. The Morgan fingerprint density at radius 2 is 1.61 bits per heavy atom. The van der Waals surface area contributed by atoms with Crippen LogP contribution < -0.4 is 14.8 Å². The van der Waals surface area contributed by atoms with Crippen LogP contribution in [-0.4, -0.2) is 85.4 Å². The van der Waals surface area contributed by atoms with Gasteiger partial charge in [0.25, 0.3) is 0 Å². The molecule has 0 saturated heterocycles. The highest BCUT2D eigenvalue weighted by molar-refractivity contribution is 6.03. The molecule has 0 aromatic heterocycles. The second-order valence-corrected chi connectivity index (χ2v) is 18.2. The average molecular weight is 910 g/mol. The van der Waals surface area contributed by atoms with Crippen molar-refractivity contribution in [2.24, 2.45) is 22.9 Å². The first kappa shape index (κ1) is 50.5. The number of carbonyl (C=O) groups excluding carboxylic acids is 2. The van der Waals surface area contributed by atoms with Gasteiger partial charge in [0.15, 0.2) is 0 Å². The molecular formula is C54H75N3O9. The van der Waals surface area contributed by atoms with Crippen molar-refractivity contribution in [3.8, 4) is 11.5 Å². The van der Waals surface area contributed by atoms with Gasteiger partial charge in [-0.05, 0) is 84.0 Å². The number of aliphatic hydroxyl groups excluding tert-OH is 2. The normalized spacial score (nSPS) is 22.4. The number of nitrogens with zero attached hydrogens (tertiary/aromatic N) is 2. The Bertz CT molecular complexity index is 2080. The number of carbonyl (C=O) groups is 2. The van der Waals surface area contributed by atoms with E-state index in [4.69, 9.17) is 23.8 Å². The van der Waals surface area contributed by atoms with Crippen LogP contribution in [0.3, 0.4) is 0 Å². The van der Waals surface area contributed by atoms with Crippen molar-refractivity contribution in [1.82, 2.24) is 10.2 Å². The molecule has 3 aromatic carbocycles. The summed E-state index contributed by atoms with van der Waals surface area (Å²) in [6.45, 7) is 7.29. The molecule has 0 unspecified atom stereocenters. The number of nitrogens with one attached hydrogen (secondary N) is 1. The van der Waals surface area contributed by atoms with Gasteiger partial charge in [-0.1, -0.05) is 137 Å². The zero-order chi connectivity index (χ0) is 46.7. The van der Waals surface area contributed by atoms with Crippen LogP contribution in [0.4, 0.5) is 9.59 Å². The third kappa shape index (κ3) is 12.3. The SMILES string of the molecule is C=CCO[C@@]12Oc3ccc(OC(=O)NCCCCCCCCCCCC)cc3[C@H]3[C@H](CCCCO)[C@@H](CCCCO)C=C(C(=NOC)C[C@@H]1N(Cc1cccc4ccccc14)C(=O)OC)[C@H]32. The number of oxime groups is 1. The fourth-order valence-corrected chi connectivity index (χ4v) is 10.8. The number of methoxy groups -OCH3 is 1. The van der Waals surface area contributed by atoms with E-state index in [0.717, 1.165) is 72.4 Å². The fraction of sp³-hybridized carbons (Fsp3) is 0.574. The number of hydrogen-bond donors (Lipinski definition) is 3. The monoisotopic (exact) mass is 910 g/mol. The van der Waals surface area contributed by atoms with Gasteiger partial charge in [0.2, 0.25) is 5.79 Å². The van der Waals surface area contributed by atoms with Gasteiger partial charge in [0, 0.05) is 37.7 Å². The van der Waals surface area contributed by atoms with E-state index in [0.29, 0.717) is 36.6 Å². The van der Waals surface area contributed by atoms with Gasteiger partial charge < -0.3 is 39.3 Å². The van der Waals surface area contributed by atoms with Gasteiger partial charge in [-0.3, -0.25) is 4.90 Å². The summed E-state index contributed by atoms with van der Waals surface area (Å²) < 4.78 is 26.0. The van der Waals surface area contributed by atoms with E-state index < -0.39 is 29.9 Å². The Morgan fingerprint density at radius 3 is 2.32 bits per heavy atom. The van der Waals surface area contributed by atoms with E-state index in [2.05, 4.69) is 48.3 Å². The molecule has 0 spiro atoms. The van der Waals surface area contributed by atoms with Crippen LogP contribution in [0.5, 0.6) is 11.5 Å². The molecule has 66 heavy (non-hydrogen) atoms. The third-order valence-electron chi connectivity index (χ3n) is 13.9. The van der Waals surface area contributed by atoms with Crippen molar-refractivity contribution in [3.05, 3.63) is 96.1 Å². The van der Waals surface area contributed by atoms with E-state index in [1.165, 1.54) is 59.2 Å². The van der Waals surface area contributed by atoms with Crippen molar-refractivity contribution in [2.45, 2.75) is 140 Å². The van der Waals surface area contributed by atoms with Crippen molar-refractivity contribution in [1.29, 1.82) is 0 Å². The molecule has 1 heterocycles. The summed E-state index contributed by atoms with van der Waals surface area (Å²) in [5, 5.41) is 29.6. The molecule has 6 rings (SSSR count). The minimum atomic E-state index is -1.47. The van der Waals surface area contributed by atoms with E-state index in [9.17, 15) is 19.8 Å². The first-order valence-corrected chi connectivity index (χ1v) is 24.7. The largest absolute Gasteiger partial charge is 0.459 e. The first-order chi connectivity index (χ1) is 32.3. The molecule has 2 amide bonds. The van der Waals surface area contributed by atoms with Crippen LogP contribution in [-0.2, 0) is 20.9 Å². The first-order valence-electron chi connectivity index (χ1n) is 24.7. The van der Waals surface area contributed by atoms with Gasteiger partial charge >= 0.3 is 12.2 Å². The highest BCUT2D eigenvalue weighted by Crippen LogP contribution is 2.62. The van der Waals surface area contributed by atoms with Gasteiger partial charge in [-0.2, -0.15) is 0 Å². The molecule has 12 heteroatoms. The summed E-state index contributed by atoms with van der Waals surface area (Å²) >= 11 is 0. The summed E-state index contributed by atoms with van der Waals surface area (Å²) in [4.78, 5) is 35.0. The predicted octanol–water partition coefficient (Wildman–Crippen LogP) is 11.4. The summed E-state index contributed by atoms with van der Waals surface area (Å²) in [6.07, 6.45) is 19.8. The molecule has 1 aliphatic heterocycles. The number of rotatable bonds is 27. The lowest BCUT2D eigenvalue weighted by atomic mass is 9.55. The van der Waals surface area contributed by atoms with Gasteiger partial charge in [-0.15, -0.1) is 6.58 Å². The number of unbranched alkanes of at least 4 members (excludes halogenated alkanes) is 11. The Balaban J connectivity index is 1.39.